The quantitative estimate of drug-likeness (QED) is 0.390. The minimum atomic E-state index is -3.01. The van der Waals surface area contributed by atoms with Gasteiger partial charge in [-0.15, -0.1) is 0 Å². The standard InChI is InChI=1S/C22H23ClN2O8/c1-6-9-7(23)4-5-8(26)11(9)16(27)12-10(6)17(28)14-15(25(2)3)18(29)13(21(24)32)20(31)22(14,33)19(12)30/h4-6,10,12-15,17,26,28,33H,1-3H3,(H2,24,32)/t6-,10+,12?,13?,14+,15-,17-,22-/m1/s1. The van der Waals surface area contributed by atoms with E-state index in [1.54, 1.807) is 6.92 Å². The molecule has 0 bridgehead atoms. The predicted octanol–water partition coefficient (Wildman–Crippen LogP) is -0.948. The molecule has 11 heteroatoms. The van der Waals surface area contributed by atoms with Crippen LogP contribution in [0.15, 0.2) is 12.1 Å². The summed E-state index contributed by atoms with van der Waals surface area (Å²) in [5.74, 6) is -13.7. The van der Waals surface area contributed by atoms with E-state index in [1.807, 2.05) is 0 Å². The van der Waals surface area contributed by atoms with Gasteiger partial charge in [-0.25, -0.2) is 0 Å². The van der Waals surface area contributed by atoms with Crippen molar-refractivity contribution in [1.82, 2.24) is 4.90 Å². The van der Waals surface area contributed by atoms with Gasteiger partial charge in [0, 0.05) is 10.9 Å². The number of likely N-dealkylation sites (N-methyl/N-ethyl adjacent to an activating group) is 1. The Labute approximate surface area is 193 Å². The Kier molecular flexibility index (Phi) is 5.29. The molecule has 0 radical (unpaired) electrons. The zero-order valence-electron chi connectivity index (χ0n) is 18.0. The van der Waals surface area contributed by atoms with Crippen molar-refractivity contribution in [2.75, 3.05) is 14.1 Å². The lowest BCUT2D eigenvalue weighted by atomic mass is 9.49. The number of amides is 1. The van der Waals surface area contributed by atoms with Crippen molar-refractivity contribution in [2.24, 2.45) is 29.4 Å². The third kappa shape index (κ3) is 2.81. The number of nitrogens with zero attached hydrogens (tertiary/aromatic N) is 1. The molecule has 3 aliphatic rings. The number of fused-ring (bicyclic) bond motifs is 3. The Morgan fingerprint density at radius 2 is 1.76 bits per heavy atom. The lowest BCUT2D eigenvalue weighted by Crippen LogP contribution is -2.77. The first-order valence-corrected chi connectivity index (χ1v) is 10.7. The monoisotopic (exact) mass is 478 g/mol. The van der Waals surface area contributed by atoms with Crippen LogP contribution in [-0.2, 0) is 19.2 Å². The number of rotatable bonds is 2. The number of carbonyl (C=O) groups is 5. The van der Waals surface area contributed by atoms with Gasteiger partial charge in [0.2, 0.25) is 5.91 Å². The molecule has 2 fully saturated rings. The number of hydrogen-bond acceptors (Lipinski definition) is 9. The molecule has 10 nitrogen and oxygen atoms in total. The van der Waals surface area contributed by atoms with E-state index in [0.717, 1.165) is 0 Å². The van der Waals surface area contributed by atoms with Gasteiger partial charge >= 0.3 is 0 Å². The first-order valence-electron chi connectivity index (χ1n) is 10.3. The van der Waals surface area contributed by atoms with Crippen molar-refractivity contribution in [3.05, 3.63) is 28.3 Å². The maximum Gasteiger partial charge on any atom is 0.235 e. The van der Waals surface area contributed by atoms with Crippen LogP contribution >= 0.6 is 11.6 Å². The van der Waals surface area contributed by atoms with Crippen molar-refractivity contribution >= 4 is 40.6 Å². The molecule has 8 atom stereocenters. The van der Waals surface area contributed by atoms with E-state index >= 15 is 0 Å². The number of hydrogen-bond donors (Lipinski definition) is 4. The van der Waals surface area contributed by atoms with Crippen molar-refractivity contribution in [1.29, 1.82) is 0 Å². The molecule has 3 aliphatic carbocycles. The molecule has 0 spiro atoms. The van der Waals surface area contributed by atoms with Gasteiger partial charge in [-0.3, -0.25) is 28.9 Å². The van der Waals surface area contributed by atoms with Crippen LogP contribution in [0.25, 0.3) is 0 Å². The zero-order chi connectivity index (χ0) is 24.7. The molecule has 0 aliphatic heterocycles. The molecule has 1 amide bonds. The summed E-state index contributed by atoms with van der Waals surface area (Å²) in [4.78, 5) is 66.6. The minimum absolute atomic E-state index is 0.135. The summed E-state index contributed by atoms with van der Waals surface area (Å²) in [6.45, 7) is 1.60. The second kappa shape index (κ2) is 7.42. The molecule has 1 aromatic carbocycles. The largest absolute Gasteiger partial charge is 0.507 e. The van der Waals surface area contributed by atoms with E-state index in [9.17, 15) is 39.3 Å². The number of ketones is 4. The van der Waals surface area contributed by atoms with Crippen LogP contribution in [-0.4, -0.2) is 81.1 Å². The van der Waals surface area contributed by atoms with Gasteiger partial charge in [0.05, 0.1) is 29.5 Å². The number of phenols is 1. The fourth-order valence-electron chi connectivity index (χ4n) is 6.02. The average Bonchev–Trinajstić information content (AvgIpc) is 2.72. The number of halogens is 1. The number of nitrogens with two attached hydrogens (primary N) is 1. The lowest BCUT2D eigenvalue weighted by molar-refractivity contribution is -0.196. The van der Waals surface area contributed by atoms with Crippen LogP contribution in [0.3, 0.4) is 0 Å². The van der Waals surface area contributed by atoms with Crippen LogP contribution in [0.4, 0.5) is 0 Å². The zero-order valence-corrected chi connectivity index (χ0v) is 18.7. The summed E-state index contributed by atoms with van der Waals surface area (Å²) in [5.41, 5.74) is 2.24. The highest BCUT2D eigenvalue weighted by molar-refractivity contribution is 6.34. The van der Waals surface area contributed by atoms with Crippen molar-refractivity contribution in [3.8, 4) is 5.75 Å². The van der Waals surface area contributed by atoms with Crippen molar-refractivity contribution < 1.29 is 39.3 Å². The van der Waals surface area contributed by atoms with Crippen LogP contribution in [0.1, 0.15) is 28.8 Å². The summed E-state index contributed by atoms with van der Waals surface area (Å²) in [6, 6.07) is 1.15. The van der Waals surface area contributed by atoms with Crippen molar-refractivity contribution in [3.63, 3.8) is 0 Å². The Morgan fingerprint density at radius 1 is 1.15 bits per heavy atom. The second-order valence-corrected chi connectivity index (χ2v) is 9.63. The number of aromatic hydroxyl groups is 1. The Morgan fingerprint density at radius 3 is 2.30 bits per heavy atom. The van der Waals surface area contributed by atoms with Crippen LogP contribution in [0, 0.1) is 23.7 Å². The highest BCUT2D eigenvalue weighted by Gasteiger charge is 2.72. The first-order chi connectivity index (χ1) is 15.3. The molecule has 0 heterocycles. The SMILES string of the molecule is C[C@@H]1c2c(Cl)ccc(O)c2C(=O)C2C(=O)[C@@]3(O)C(=O)C(C(N)=O)C(=O)[C@H](N(C)C)[C@H]3[C@H](O)[C@H]21. The Balaban J connectivity index is 1.98. The minimum Gasteiger partial charge on any atom is -0.507 e. The molecule has 0 aromatic heterocycles. The maximum atomic E-state index is 13.7. The maximum absolute atomic E-state index is 13.7. The number of phenolic OH excluding ortho intramolecular Hbond substituents is 1. The number of aliphatic hydroxyl groups is 2. The van der Waals surface area contributed by atoms with E-state index in [2.05, 4.69) is 0 Å². The summed E-state index contributed by atoms with van der Waals surface area (Å²) in [6.07, 6.45) is -1.68. The normalized spacial score (nSPS) is 38.1. The molecule has 2 saturated carbocycles. The topological polar surface area (TPSA) is 175 Å². The average molecular weight is 479 g/mol. The number of primary amides is 1. The third-order valence-electron chi connectivity index (χ3n) is 7.41. The van der Waals surface area contributed by atoms with Gasteiger partial charge < -0.3 is 21.1 Å². The molecule has 4 rings (SSSR count). The fourth-order valence-corrected chi connectivity index (χ4v) is 6.35. The Bertz CT molecular complexity index is 1130. The van der Waals surface area contributed by atoms with Gasteiger partial charge in [-0.05, 0) is 37.7 Å². The first kappa shape index (κ1) is 23.5. The van der Waals surface area contributed by atoms with Gasteiger partial charge in [0.1, 0.15) is 5.75 Å². The van der Waals surface area contributed by atoms with E-state index in [4.69, 9.17) is 17.3 Å². The van der Waals surface area contributed by atoms with Crippen LogP contribution in [0.2, 0.25) is 5.02 Å². The van der Waals surface area contributed by atoms with Crippen LogP contribution < -0.4 is 5.73 Å². The van der Waals surface area contributed by atoms with E-state index in [1.165, 1.54) is 31.1 Å². The van der Waals surface area contributed by atoms with E-state index in [0.29, 0.717) is 0 Å². The summed E-state index contributed by atoms with van der Waals surface area (Å²) in [5, 5.41) is 33.4. The van der Waals surface area contributed by atoms with E-state index < -0.39 is 82.1 Å². The number of aliphatic hydroxyl groups excluding tert-OH is 1. The molecular formula is C22H23ClN2O8. The number of benzene rings is 1. The molecule has 2 unspecified atom stereocenters. The molecular weight excluding hydrogens is 456 g/mol. The third-order valence-corrected chi connectivity index (χ3v) is 7.74. The van der Waals surface area contributed by atoms with Crippen molar-refractivity contribution in [2.45, 2.75) is 30.6 Å². The molecule has 176 valence electrons. The predicted molar refractivity (Wildman–Crippen MR) is 112 cm³/mol. The summed E-state index contributed by atoms with van der Waals surface area (Å²) >= 11 is 6.29. The fraction of sp³-hybridized carbons (Fsp3) is 0.500. The van der Waals surface area contributed by atoms with Gasteiger partial charge in [-0.2, -0.15) is 0 Å². The highest BCUT2D eigenvalue weighted by atomic mass is 35.5. The smallest absolute Gasteiger partial charge is 0.235 e. The van der Waals surface area contributed by atoms with Gasteiger partial charge in [0.15, 0.2) is 34.7 Å². The molecule has 0 saturated heterocycles. The van der Waals surface area contributed by atoms with Gasteiger partial charge in [0.25, 0.3) is 0 Å². The number of Topliss-reactive ketones (excluding diaryl/α,β-unsaturated/α-hetero) is 4. The number of carbonyl (C=O) groups excluding carboxylic acids is 5. The molecule has 1 aromatic rings. The molecule has 33 heavy (non-hydrogen) atoms. The lowest BCUT2D eigenvalue weighted by Gasteiger charge is -2.56. The highest BCUT2D eigenvalue weighted by Crippen LogP contribution is 2.55. The summed E-state index contributed by atoms with van der Waals surface area (Å²) in [7, 11) is 2.86. The van der Waals surface area contributed by atoms with Crippen LogP contribution in [0.5, 0.6) is 5.75 Å². The molecule has 5 N–H and O–H groups in total. The Hall–Kier alpha value is -2.66. The summed E-state index contributed by atoms with van der Waals surface area (Å²) < 4.78 is 0. The van der Waals surface area contributed by atoms with Gasteiger partial charge in [-0.1, -0.05) is 18.5 Å². The second-order valence-electron chi connectivity index (χ2n) is 9.22. The van der Waals surface area contributed by atoms with E-state index in [-0.39, 0.29) is 16.1 Å².